The Labute approximate surface area is 132 Å². The van der Waals surface area contributed by atoms with Crippen LogP contribution in [0, 0.1) is 0 Å². The fourth-order valence-electron chi connectivity index (χ4n) is 2.21. The normalized spacial score (nSPS) is 15.0. The van der Waals surface area contributed by atoms with Crippen LogP contribution in [0.3, 0.4) is 0 Å². The molecule has 7 heteroatoms. The molecule has 1 aliphatic rings. The van der Waals surface area contributed by atoms with Gasteiger partial charge in [0, 0.05) is 36.3 Å². The highest BCUT2D eigenvalue weighted by Crippen LogP contribution is 2.20. The highest BCUT2D eigenvalue weighted by Gasteiger charge is 2.26. The van der Waals surface area contributed by atoms with Crippen LogP contribution in [0.15, 0.2) is 22.7 Å². The van der Waals surface area contributed by atoms with Crippen LogP contribution < -0.4 is 5.73 Å². The van der Waals surface area contributed by atoms with Crippen molar-refractivity contribution in [3.8, 4) is 0 Å². The van der Waals surface area contributed by atoms with Crippen molar-refractivity contribution in [2.75, 3.05) is 38.5 Å². The number of nitrogens with zero attached hydrogens (tertiary/aromatic N) is 2. The van der Waals surface area contributed by atoms with Crippen molar-refractivity contribution in [2.45, 2.75) is 6.92 Å². The van der Waals surface area contributed by atoms with E-state index in [4.69, 9.17) is 10.5 Å². The lowest BCUT2D eigenvalue weighted by Gasteiger charge is -2.34. The number of ether oxygens (including phenoxy) is 1. The standard InChI is InChI=1S/C14H18BrN3O3/c1-2-21-14(20)18-7-5-17(6-8-18)13(19)11-4-3-10(15)9-12(11)16/h3-4,9H,2,5-8,16H2,1H3. The summed E-state index contributed by atoms with van der Waals surface area (Å²) in [5.41, 5.74) is 6.82. The maximum absolute atomic E-state index is 12.4. The number of amides is 2. The lowest BCUT2D eigenvalue weighted by Crippen LogP contribution is -2.50. The molecule has 1 fully saturated rings. The fraction of sp³-hybridized carbons (Fsp3) is 0.429. The van der Waals surface area contributed by atoms with E-state index in [0.717, 1.165) is 4.47 Å². The highest BCUT2D eigenvalue weighted by atomic mass is 79.9. The van der Waals surface area contributed by atoms with Crippen LogP contribution >= 0.6 is 15.9 Å². The third-order valence-corrected chi connectivity index (χ3v) is 3.83. The van der Waals surface area contributed by atoms with Crippen molar-refractivity contribution in [3.05, 3.63) is 28.2 Å². The summed E-state index contributed by atoms with van der Waals surface area (Å²) >= 11 is 3.32. The maximum atomic E-state index is 12.4. The van der Waals surface area contributed by atoms with Crippen molar-refractivity contribution >= 4 is 33.6 Å². The van der Waals surface area contributed by atoms with E-state index >= 15 is 0 Å². The molecule has 1 aliphatic heterocycles. The van der Waals surface area contributed by atoms with Gasteiger partial charge in [0.05, 0.1) is 12.2 Å². The van der Waals surface area contributed by atoms with Crippen molar-refractivity contribution in [1.82, 2.24) is 9.80 Å². The Morgan fingerprint density at radius 1 is 1.24 bits per heavy atom. The summed E-state index contributed by atoms with van der Waals surface area (Å²) in [4.78, 5) is 27.4. The van der Waals surface area contributed by atoms with Crippen molar-refractivity contribution in [3.63, 3.8) is 0 Å². The molecular weight excluding hydrogens is 338 g/mol. The summed E-state index contributed by atoms with van der Waals surface area (Å²) in [5, 5.41) is 0. The third-order valence-electron chi connectivity index (χ3n) is 3.34. The van der Waals surface area contributed by atoms with Crippen LogP contribution in [0.25, 0.3) is 0 Å². The van der Waals surface area contributed by atoms with E-state index in [1.807, 2.05) is 0 Å². The lowest BCUT2D eigenvalue weighted by molar-refractivity contribution is 0.0571. The Balaban J connectivity index is 1.98. The third kappa shape index (κ3) is 3.66. The molecular formula is C14H18BrN3O3. The Bertz CT molecular complexity index is 542. The van der Waals surface area contributed by atoms with Crippen molar-refractivity contribution < 1.29 is 14.3 Å². The molecule has 0 radical (unpaired) electrons. The summed E-state index contributed by atoms with van der Waals surface area (Å²) in [6.07, 6.45) is -0.326. The minimum atomic E-state index is -0.326. The van der Waals surface area contributed by atoms with E-state index in [-0.39, 0.29) is 12.0 Å². The Morgan fingerprint density at radius 2 is 1.86 bits per heavy atom. The van der Waals surface area contributed by atoms with Gasteiger partial charge in [-0.1, -0.05) is 15.9 Å². The van der Waals surface area contributed by atoms with Gasteiger partial charge in [0.1, 0.15) is 0 Å². The molecule has 1 aromatic rings. The van der Waals surface area contributed by atoms with Gasteiger partial charge in [-0.2, -0.15) is 0 Å². The average molecular weight is 356 g/mol. The molecule has 1 saturated heterocycles. The summed E-state index contributed by atoms with van der Waals surface area (Å²) in [6, 6.07) is 5.21. The second kappa shape index (κ2) is 6.80. The van der Waals surface area contributed by atoms with Gasteiger partial charge < -0.3 is 20.3 Å². The predicted octanol–water partition coefficient (Wildman–Crippen LogP) is 1.95. The van der Waals surface area contributed by atoms with Crippen molar-refractivity contribution in [2.24, 2.45) is 0 Å². The molecule has 114 valence electrons. The first-order chi connectivity index (χ1) is 10.0. The molecule has 21 heavy (non-hydrogen) atoms. The first kappa shape index (κ1) is 15.6. The Kier molecular flexibility index (Phi) is 5.06. The molecule has 0 spiro atoms. The molecule has 6 nitrogen and oxygen atoms in total. The van der Waals surface area contributed by atoms with Gasteiger partial charge >= 0.3 is 6.09 Å². The molecule has 0 atom stereocenters. The molecule has 1 heterocycles. The Morgan fingerprint density at radius 3 is 2.43 bits per heavy atom. The van der Waals surface area contributed by atoms with Crippen LogP contribution in [0.1, 0.15) is 17.3 Å². The number of carbonyl (C=O) groups is 2. The lowest BCUT2D eigenvalue weighted by atomic mass is 10.1. The van der Waals surface area contributed by atoms with Crippen molar-refractivity contribution in [1.29, 1.82) is 0 Å². The first-order valence-corrected chi connectivity index (χ1v) is 7.58. The zero-order valence-corrected chi connectivity index (χ0v) is 13.4. The first-order valence-electron chi connectivity index (χ1n) is 6.79. The topological polar surface area (TPSA) is 75.9 Å². The summed E-state index contributed by atoms with van der Waals surface area (Å²) < 4.78 is 5.79. The van der Waals surface area contributed by atoms with Gasteiger partial charge in [-0.15, -0.1) is 0 Å². The zero-order valence-electron chi connectivity index (χ0n) is 11.8. The van der Waals surface area contributed by atoms with Gasteiger partial charge in [-0.3, -0.25) is 4.79 Å². The van der Waals surface area contributed by atoms with Crippen LogP contribution in [-0.2, 0) is 4.74 Å². The molecule has 1 aromatic carbocycles. The molecule has 2 amide bonds. The number of nitrogen functional groups attached to an aromatic ring is 1. The minimum absolute atomic E-state index is 0.108. The fourth-order valence-corrected chi connectivity index (χ4v) is 2.58. The van der Waals surface area contributed by atoms with Gasteiger partial charge in [0.25, 0.3) is 5.91 Å². The van der Waals surface area contributed by atoms with Crippen LogP contribution in [0.4, 0.5) is 10.5 Å². The van der Waals surface area contributed by atoms with E-state index in [2.05, 4.69) is 15.9 Å². The zero-order chi connectivity index (χ0) is 15.4. The molecule has 0 bridgehead atoms. The van der Waals surface area contributed by atoms with E-state index in [9.17, 15) is 9.59 Å². The van der Waals surface area contributed by atoms with Crippen LogP contribution in [-0.4, -0.2) is 54.6 Å². The van der Waals surface area contributed by atoms with Crippen LogP contribution in [0.2, 0.25) is 0 Å². The van der Waals surface area contributed by atoms with Gasteiger partial charge in [0.2, 0.25) is 0 Å². The van der Waals surface area contributed by atoms with E-state index in [1.54, 1.807) is 34.9 Å². The van der Waals surface area contributed by atoms with E-state index in [0.29, 0.717) is 44.0 Å². The molecule has 0 saturated carbocycles. The van der Waals surface area contributed by atoms with Gasteiger partial charge in [-0.05, 0) is 25.1 Å². The SMILES string of the molecule is CCOC(=O)N1CCN(C(=O)c2ccc(Br)cc2N)CC1. The number of anilines is 1. The molecule has 2 N–H and O–H groups in total. The quantitative estimate of drug-likeness (QED) is 0.822. The van der Waals surface area contributed by atoms with Crippen LogP contribution in [0.5, 0.6) is 0 Å². The number of piperazine rings is 1. The molecule has 2 rings (SSSR count). The van der Waals surface area contributed by atoms with Gasteiger partial charge in [-0.25, -0.2) is 4.79 Å². The minimum Gasteiger partial charge on any atom is -0.450 e. The number of hydrogen-bond acceptors (Lipinski definition) is 4. The number of halogens is 1. The molecule has 0 aromatic heterocycles. The highest BCUT2D eigenvalue weighted by molar-refractivity contribution is 9.10. The predicted molar refractivity (Wildman–Crippen MR) is 83.1 cm³/mol. The number of nitrogens with two attached hydrogens (primary N) is 1. The number of benzene rings is 1. The van der Waals surface area contributed by atoms with E-state index in [1.165, 1.54) is 0 Å². The summed E-state index contributed by atoms with van der Waals surface area (Å²) in [6.45, 7) is 4.03. The summed E-state index contributed by atoms with van der Waals surface area (Å²) in [7, 11) is 0. The average Bonchev–Trinajstić information content (AvgIpc) is 2.47. The number of carbonyl (C=O) groups excluding carboxylic acids is 2. The van der Waals surface area contributed by atoms with Gasteiger partial charge in [0.15, 0.2) is 0 Å². The van der Waals surface area contributed by atoms with E-state index < -0.39 is 0 Å². The second-order valence-corrected chi connectivity index (χ2v) is 5.63. The maximum Gasteiger partial charge on any atom is 0.409 e. The molecule has 0 aliphatic carbocycles. The monoisotopic (exact) mass is 355 g/mol. The molecule has 0 unspecified atom stereocenters. The number of rotatable bonds is 2. The smallest absolute Gasteiger partial charge is 0.409 e. The number of hydrogen-bond donors (Lipinski definition) is 1. The second-order valence-electron chi connectivity index (χ2n) is 4.71. The Hall–Kier alpha value is -1.76. The largest absolute Gasteiger partial charge is 0.450 e. The summed E-state index contributed by atoms with van der Waals surface area (Å²) in [5.74, 6) is -0.108.